The van der Waals surface area contributed by atoms with Gasteiger partial charge in [-0.1, -0.05) is 20.8 Å². The maximum Gasteiger partial charge on any atom is 0.144 e. The van der Waals surface area contributed by atoms with Crippen LogP contribution in [0.4, 0.5) is 4.39 Å². The van der Waals surface area contributed by atoms with Gasteiger partial charge in [0.25, 0.3) is 0 Å². The molecule has 1 heterocycles. The second kappa shape index (κ2) is 3.65. The molecule has 12 heavy (non-hydrogen) atoms. The largest absolute Gasteiger partial charge is 0.255 e. The van der Waals surface area contributed by atoms with Crippen molar-refractivity contribution in [2.24, 2.45) is 0 Å². The van der Waals surface area contributed by atoms with Gasteiger partial charge in [-0.15, -0.1) is 0 Å². The Balaban J connectivity index is 3.05. The first kappa shape index (κ1) is 9.17. The predicted octanol–water partition coefficient (Wildman–Crippen LogP) is 2.91. The fourth-order valence-corrected chi connectivity index (χ4v) is 1.07. The van der Waals surface area contributed by atoms with Crippen molar-refractivity contribution in [2.75, 3.05) is 0 Å². The van der Waals surface area contributed by atoms with Gasteiger partial charge in [0.05, 0.1) is 5.69 Å². The van der Waals surface area contributed by atoms with Crippen molar-refractivity contribution >= 4 is 0 Å². The predicted molar refractivity (Wildman–Crippen MR) is 47.7 cm³/mol. The van der Waals surface area contributed by atoms with Crippen molar-refractivity contribution in [3.63, 3.8) is 0 Å². The van der Waals surface area contributed by atoms with E-state index in [2.05, 4.69) is 18.8 Å². The number of aromatic nitrogens is 1. The minimum Gasteiger partial charge on any atom is -0.255 e. The van der Waals surface area contributed by atoms with E-state index >= 15 is 0 Å². The van der Waals surface area contributed by atoms with E-state index in [0.29, 0.717) is 18.0 Å². The molecule has 0 amide bonds. The monoisotopic (exact) mass is 167 g/mol. The van der Waals surface area contributed by atoms with Gasteiger partial charge in [-0.05, 0) is 24.5 Å². The van der Waals surface area contributed by atoms with Gasteiger partial charge in [-0.3, -0.25) is 4.98 Å². The first-order chi connectivity index (χ1) is 5.65. The number of nitrogens with zero attached hydrogens (tertiary/aromatic N) is 1. The quantitative estimate of drug-likeness (QED) is 0.660. The highest BCUT2D eigenvalue weighted by Gasteiger charge is 2.05. The molecule has 0 fully saturated rings. The van der Waals surface area contributed by atoms with Crippen LogP contribution < -0.4 is 0 Å². The van der Waals surface area contributed by atoms with Crippen LogP contribution in [0.3, 0.4) is 0 Å². The molecule has 0 atom stereocenters. The van der Waals surface area contributed by atoms with Crippen LogP contribution in [-0.2, 0) is 6.42 Å². The Morgan fingerprint density at radius 2 is 2.08 bits per heavy atom. The molecule has 0 bridgehead atoms. The molecule has 1 aromatic rings. The van der Waals surface area contributed by atoms with E-state index < -0.39 is 0 Å². The van der Waals surface area contributed by atoms with Crippen molar-refractivity contribution in [1.82, 2.24) is 4.98 Å². The van der Waals surface area contributed by atoms with Gasteiger partial charge in [0.1, 0.15) is 5.82 Å². The Bertz CT molecular complexity index is 269. The number of pyridine rings is 1. The van der Waals surface area contributed by atoms with Crippen LogP contribution in [0.15, 0.2) is 12.1 Å². The molecule has 0 aromatic carbocycles. The molecule has 0 unspecified atom stereocenters. The normalized spacial score (nSPS) is 10.8. The van der Waals surface area contributed by atoms with Crippen LogP contribution in [0.2, 0.25) is 0 Å². The summed E-state index contributed by atoms with van der Waals surface area (Å²) in [7, 11) is 0. The minimum absolute atomic E-state index is 0.193. The number of halogens is 1. The fraction of sp³-hybridized carbons (Fsp3) is 0.500. The molecule has 0 saturated heterocycles. The Kier molecular flexibility index (Phi) is 2.79. The highest BCUT2D eigenvalue weighted by molar-refractivity contribution is 5.15. The van der Waals surface area contributed by atoms with Gasteiger partial charge in [0, 0.05) is 5.69 Å². The molecule has 1 aromatic heterocycles. The summed E-state index contributed by atoms with van der Waals surface area (Å²) in [6.45, 7) is 6.02. The lowest BCUT2D eigenvalue weighted by Crippen LogP contribution is -1.99. The molecule has 0 radical (unpaired) electrons. The minimum atomic E-state index is -0.193. The van der Waals surface area contributed by atoms with Gasteiger partial charge in [-0.25, -0.2) is 4.39 Å². The van der Waals surface area contributed by atoms with Gasteiger partial charge in [0.15, 0.2) is 0 Å². The maximum absolute atomic E-state index is 13.0. The summed E-state index contributed by atoms with van der Waals surface area (Å²) < 4.78 is 13.0. The molecular formula is C10H14FN. The van der Waals surface area contributed by atoms with Crippen LogP contribution in [0, 0.1) is 5.82 Å². The average molecular weight is 167 g/mol. The Labute approximate surface area is 72.6 Å². The van der Waals surface area contributed by atoms with Crippen molar-refractivity contribution < 1.29 is 4.39 Å². The summed E-state index contributed by atoms with van der Waals surface area (Å²) in [6, 6.07) is 3.25. The summed E-state index contributed by atoms with van der Waals surface area (Å²) in [6.07, 6.45) is 0.659. The molecule has 0 aliphatic carbocycles. The SMILES string of the molecule is CCc1nc(C(C)C)ccc1F. The van der Waals surface area contributed by atoms with Crippen LogP contribution in [0.1, 0.15) is 38.1 Å². The number of hydrogen-bond acceptors (Lipinski definition) is 1. The summed E-state index contributed by atoms with van der Waals surface area (Å²) in [4.78, 5) is 4.22. The lowest BCUT2D eigenvalue weighted by atomic mass is 10.1. The maximum atomic E-state index is 13.0. The second-order valence-electron chi connectivity index (χ2n) is 3.17. The molecule has 1 nitrogen and oxygen atoms in total. The molecule has 0 aliphatic heterocycles. The zero-order valence-electron chi connectivity index (χ0n) is 7.76. The zero-order valence-corrected chi connectivity index (χ0v) is 7.76. The van der Waals surface area contributed by atoms with E-state index in [1.165, 1.54) is 6.07 Å². The fourth-order valence-electron chi connectivity index (χ4n) is 1.07. The topological polar surface area (TPSA) is 12.9 Å². The van der Waals surface area contributed by atoms with Gasteiger partial charge in [0.2, 0.25) is 0 Å². The first-order valence-corrected chi connectivity index (χ1v) is 4.30. The number of hydrogen-bond donors (Lipinski definition) is 0. The highest BCUT2D eigenvalue weighted by Crippen LogP contribution is 2.14. The molecule has 0 aliphatic rings. The first-order valence-electron chi connectivity index (χ1n) is 4.30. The van der Waals surface area contributed by atoms with Crippen molar-refractivity contribution in [2.45, 2.75) is 33.1 Å². The standard InChI is InChI=1S/C10H14FN/c1-4-9-8(11)5-6-10(12-9)7(2)3/h5-7H,4H2,1-3H3. The number of rotatable bonds is 2. The molecule has 0 N–H and O–H groups in total. The van der Waals surface area contributed by atoms with Crippen molar-refractivity contribution in [1.29, 1.82) is 0 Å². The van der Waals surface area contributed by atoms with Gasteiger partial charge < -0.3 is 0 Å². The average Bonchev–Trinajstić information content (AvgIpc) is 2.05. The van der Waals surface area contributed by atoms with E-state index in [4.69, 9.17) is 0 Å². The van der Waals surface area contributed by atoms with E-state index in [-0.39, 0.29) is 5.82 Å². The lowest BCUT2D eigenvalue weighted by Gasteiger charge is -2.06. The summed E-state index contributed by atoms with van der Waals surface area (Å²) >= 11 is 0. The van der Waals surface area contributed by atoms with E-state index in [9.17, 15) is 4.39 Å². The Morgan fingerprint density at radius 1 is 1.42 bits per heavy atom. The number of aryl methyl sites for hydroxylation is 1. The molecule has 0 saturated carbocycles. The summed E-state index contributed by atoms with van der Waals surface area (Å²) in [5.41, 5.74) is 1.54. The summed E-state index contributed by atoms with van der Waals surface area (Å²) in [5, 5.41) is 0. The zero-order chi connectivity index (χ0) is 9.14. The van der Waals surface area contributed by atoms with Gasteiger partial charge in [-0.2, -0.15) is 0 Å². The lowest BCUT2D eigenvalue weighted by molar-refractivity contribution is 0.596. The van der Waals surface area contributed by atoms with Gasteiger partial charge >= 0.3 is 0 Å². The Morgan fingerprint density at radius 3 is 2.58 bits per heavy atom. The summed E-state index contributed by atoms with van der Waals surface area (Å²) in [5.74, 6) is 0.179. The Hall–Kier alpha value is -0.920. The third kappa shape index (κ3) is 1.81. The smallest absolute Gasteiger partial charge is 0.144 e. The van der Waals surface area contributed by atoms with E-state index in [1.54, 1.807) is 6.07 Å². The molecular weight excluding hydrogens is 153 g/mol. The molecule has 2 heteroatoms. The third-order valence-corrected chi connectivity index (χ3v) is 1.87. The van der Waals surface area contributed by atoms with Crippen LogP contribution >= 0.6 is 0 Å². The third-order valence-electron chi connectivity index (χ3n) is 1.87. The van der Waals surface area contributed by atoms with Crippen molar-refractivity contribution in [3.05, 3.63) is 29.3 Å². The molecule has 1 rings (SSSR count). The van der Waals surface area contributed by atoms with E-state index in [0.717, 1.165) is 5.69 Å². The molecule has 0 spiro atoms. The van der Waals surface area contributed by atoms with E-state index in [1.807, 2.05) is 6.92 Å². The van der Waals surface area contributed by atoms with Crippen LogP contribution in [0.25, 0.3) is 0 Å². The second-order valence-corrected chi connectivity index (χ2v) is 3.17. The van der Waals surface area contributed by atoms with Crippen molar-refractivity contribution in [3.8, 4) is 0 Å². The van der Waals surface area contributed by atoms with Crippen LogP contribution in [-0.4, -0.2) is 4.98 Å². The molecule has 66 valence electrons. The highest BCUT2D eigenvalue weighted by atomic mass is 19.1. The van der Waals surface area contributed by atoms with Crippen LogP contribution in [0.5, 0.6) is 0 Å².